The van der Waals surface area contributed by atoms with E-state index in [2.05, 4.69) is 5.32 Å². The Bertz CT molecular complexity index is 484. The van der Waals surface area contributed by atoms with Crippen LogP contribution in [0.15, 0.2) is 29.2 Å². The van der Waals surface area contributed by atoms with Crippen LogP contribution in [0, 0.1) is 0 Å². The molecule has 0 saturated heterocycles. The zero-order chi connectivity index (χ0) is 14.3. The molecule has 0 radical (unpaired) electrons. The standard InChI is InChI=1S/C14H24N2O2S/c1-3-11-19(17,18)14-9-5-4-8-13(14)16-10-6-7-12(2)15/h4-5,8-9,12,16H,3,6-7,10-11,15H2,1-2H3. The normalized spacial score (nSPS) is 13.2. The lowest BCUT2D eigenvalue weighted by atomic mass is 10.2. The van der Waals surface area contributed by atoms with Gasteiger partial charge in [-0.1, -0.05) is 19.1 Å². The molecule has 0 heterocycles. The molecule has 108 valence electrons. The third-order valence-corrected chi connectivity index (χ3v) is 4.82. The van der Waals surface area contributed by atoms with E-state index in [9.17, 15) is 8.42 Å². The largest absolute Gasteiger partial charge is 0.384 e. The molecule has 0 saturated carbocycles. The van der Waals surface area contributed by atoms with Crippen molar-refractivity contribution in [1.29, 1.82) is 0 Å². The second kappa shape index (κ2) is 7.50. The first-order valence-electron chi connectivity index (χ1n) is 6.78. The molecule has 0 aliphatic carbocycles. The molecule has 19 heavy (non-hydrogen) atoms. The number of nitrogens with one attached hydrogen (secondary N) is 1. The van der Waals surface area contributed by atoms with Gasteiger partial charge in [0.25, 0.3) is 0 Å². The van der Waals surface area contributed by atoms with Gasteiger partial charge in [-0.25, -0.2) is 8.42 Å². The van der Waals surface area contributed by atoms with Crippen LogP contribution < -0.4 is 11.1 Å². The van der Waals surface area contributed by atoms with Gasteiger partial charge < -0.3 is 11.1 Å². The van der Waals surface area contributed by atoms with Crippen molar-refractivity contribution in [2.75, 3.05) is 17.6 Å². The summed E-state index contributed by atoms with van der Waals surface area (Å²) >= 11 is 0. The van der Waals surface area contributed by atoms with E-state index < -0.39 is 9.84 Å². The van der Waals surface area contributed by atoms with Gasteiger partial charge in [0, 0.05) is 12.6 Å². The zero-order valence-electron chi connectivity index (χ0n) is 11.7. The summed E-state index contributed by atoms with van der Waals surface area (Å²) in [5, 5.41) is 3.20. The molecule has 1 aromatic carbocycles. The minimum absolute atomic E-state index is 0.181. The molecular weight excluding hydrogens is 260 g/mol. The molecule has 0 aromatic heterocycles. The molecule has 1 rings (SSSR count). The van der Waals surface area contributed by atoms with E-state index >= 15 is 0 Å². The molecule has 3 N–H and O–H groups in total. The number of para-hydroxylation sites is 1. The van der Waals surface area contributed by atoms with Crippen LogP contribution in [0.1, 0.15) is 33.1 Å². The van der Waals surface area contributed by atoms with Crippen LogP contribution in [0.3, 0.4) is 0 Å². The first-order chi connectivity index (χ1) is 8.97. The quantitative estimate of drug-likeness (QED) is 0.719. The number of hydrogen-bond donors (Lipinski definition) is 2. The molecule has 1 atom stereocenters. The molecule has 0 bridgehead atoms. The molecule has 0 spiro atoms. The van der Waals surface area contributed by atoms with Crippen LogP contribution in [0.5, 0.6) is 0 Å². The van der Waals surface area contributed by atoms with Crippen LogP contribution >= 0.6 is 0 Å². The van der Waals surface area contributed by atoms with E-state index in [-0.39, 0.29) is 11.8 Å². The smallest absolute Gasteiger partial charge is 0.180 e. The van der Waals surface area contributed by atoms with Gasteiger partial charge in [0.05, 0.1) is 16.3 Å². The minimum atomic E-state index is -3.18. The Kier molecular flexibility index (Phi) is 6.31. The van der Waals surface area contributed by atoms with Gasteiger partial charge in [0.15, 0.2) is 9.84 Å². The zero-order valence-corrected chi connectivity index (χ0v) is 12.5. The number of rotatable bonds is 8. The van der Waals surface area contributed by atoms with Crippen LogP contribution in [-0.2, 0) is 9.84 Å². The molecule has 0 aliphatic heterocycles. The van der Waals surface area contributed by atoms with Gasteiger partial charge >= 0.3 is 0 Å². The molecule has 5 heteroatoms. The van der Waals surface area contributed by atoms with Gasteiger partial charge in [-0.05, 0) is 38.3 Å². The van der Waals surface area contributed by atoms with Crippen LogP contribution in [0.2, 0.25) is 0 Å². The predicted molar refractivity (Wildman–Crippen MR) is 80.2 cm³/mol. The van der Waals surface area contributed by atoms with Gasteiger partial charge in [-0.3, -0.25) is 0 Å². The number of benzene rings is 1. The summed E-state index contributed by atoms with van der Waals surface area (Å²) < 4.78 is 24.3. The summed E-state index contributed by atoms with van der Waals surface area (Å²) in [5.41, 5.74) is 6.38. The lowest BCUT2D eigenvalue weighted by Gasteiger charge is -2.12. The summed E-state index contributed by atoms with van der Waals surface area (Å²) in [7, 11) is -3.18. The number of nitrogens with two attached hydrogens (primary N) is 1. The fraction of sp³-hybridized carbons (Fsp3) is 0.571. The Morgan fingerprint density at radius 3 is 2.63 bits per heavy atom. The average molecular weight is 284 g/mol. The summed E-state index contributed by atoms with van der Waals surface area (Å²) in [6.07, 6.45) is 2.48. The highest BCUT2D eigenvalue weighted by atomic mass is 32.2. The molecular formula is C14H24N2O2S. The highest BCUT2D eigenvalue weighted by Crippen LogP contribution is 2.22. The molecule has 0 fully saturated rings. The van der Waals surface area contributed by atoms with Gasteiger partial charge in [-0.2, -0.15) is 0 Å². The monoisotopic (exact) mass is 284 g/mol. The molecule has 0 amide bonds. The summed E-state index contributed by atoms with van der Waals surface area (Å²) in [4.78, 5) is 0.401. The molecule has 0 aliphatic rings. The van der Waals surface area contributed by atoms with E-state index in [1.165, 1.54) is 0 Å². The molecule has 1 aromatic rings. The van der Waals surface area contributed by atoms with E-state index in [4.69, 9.17) is 5.73 Å². The summed E-state index contributed by atoms with van der Waals surface area (Å²) in [5.74, 6) is 0.186. The first kappa shape index (κ1) is 16.0. The number of sulfone groups is 1. The lowest BCUT2D eigenvalue weighted by molar-refractivity contribution is 0.594. The lowest BCUT2D eigenvalue weighted by Crippen LogP contribution is -2.17. The third kappa shape index (κ3) is 5.20. The van der Waals surface area contributed by atoms with Crippen molar-refractivity contribution in [1.82, 2.24) is 0 Å². The first-order valence-corrected chi connectivity index (χ1v) is 8.44. The van der Waals surface area contributed by atoms with Crippen molar-refractivity contribution >= 4 is 15.5 Å². The van der Waals surface area contributed by atoms with Gasteiger partial charge in [-0.15, -0.1) is 0 Å². The summed E-state index contributed by atoms with van der Waals surface area (Å²) in [6, 6.07) is 7.27. The van der Waals surface area contributed by atoms with Crippen molar-refractivity contribution < 1.29 is 8.42 Å². The van der Waals surface area contributed by atoms with E-state index in [1.54, 1.807) is 12.1 Å². The van der Waals surface area contributed by atoms with Crippen molar-refractivity contribution in [3.8, 4) is 0 Å². The molecule has 1 unspecified atom stereocenters. The maximum absolute atomic E-state index is 12.1. The highest BCUT2D eigenvalue weighted by Gasteiger charge is 2.16. The fourth-order valence-electron chi connectivity index (χ4n) is 1.91. The van der Waals surface area contributed by atoms with Crippen LogP contribution in [-0.4, -0.2) is 26.8 Å². The Morgan fingerprint density at radius 1 is 1.32 bits per heavy atom. The number of hydrogen-bond acceptors (Lipinski definition) is 4. The number of anilines is 1. The van der Waals surface area contributed by atoms with Crippen molar-refractivity contribution in [2.45, 2.75) is 44.0 Å². The van der Waals surface area contributed by atoms with E-state index in [1.807, 2.05) is 26.0 Å². The topological polar surface area (TPSA) is 72.2 Å². The second-order valence-electron chi connectivity index (χ2n) is 4.86. The van der Waals surface area contributed by atoms with E-state index in [0.717, 1.165) is 19.4 Å². The fourth-order valence-corrected chi connectivity index (χ4v) is 3.43. The van der Waals surface area contributed by atoms with Crippen LogP contribution in [0.25, 0.3) is 0 Å². The van der Waals surface area contributed by atoms with E-state index in [0.29, 0.717) is 17.0 Å². The Morgan fingerprint density at radius 2 is 2.00 bits per heavy atom. The Balaban J connectivity index is 2.74. The maximum atomic E-state index is 12.1. The Hall–Kier alpha value is -1.07. The highest BCUT2D eigenvalue weighted by molar-refractivity contribution is 7.91. The van der Waals surface area contributed by atoms with Crippen molar-refractivity contribution in [3.63, 3.8) is 0 Å². The van der Waals surface area contributed by atoms with Crippen molar-refractivity contribution in [2.24, 2.45) is 5.73 Å². The molecule has 4 nitrogen and oxygen atoms in total. The van der Waals surface area contributed by atoms with Gasteiger partial charge in [0.2, 0.25) is 0 Å². The van der Waals surface area contributed by atoms with Crippen molar-refractivity contribution in [3.05, 3.63) is 24.3 Å². The SMILES string of the molecule is CCCS(=O)(=O)c1ccccc1NCCCC(C)N. The van der Waals surface area contributed by atoms with Gasteiger partial charge in [0.1, 0.15) is 0 Å². The maximum Gasteiger partial charge on any atom is 0.180 e. The Labute approximate surface area is 116 Å². The average Bonchev–Trinajstić information content (AvgIpc) is 2.35. The predicted octanol–water partition coefficient (Wildman–Crippen LogP) is 2.41. The third-order valence-electron chi connectivity index (χ3n) is 2.85. The van der Waals surface area contributed by atoms with Crippen LogP contribution in [0.4, 0.5) is 5.69 Å². The summed E-state index contributed by atoms with van der Waals surface area (Å²) in [6.45, 7) is 4.58. The minimum Gasteiger partial charge on any atom is -0.384 e. The second-order valence-corrected chi connectivity index (χ2v) is 6.94.